The summed E-state index contributed by atoms with van der Waals surface area (Å²) in [6.07, 6.45) is 1.38. The first-order valence-electron chi connectivity index (χ1n) is 11.1. The van der Waals surface area contributed by atoms with E-state index in [2.05, 4.69) is 11.8 Å². The Labute approximate surface area is 200 Å². The zero-order valence-electron chi connectivity index (χ0n) is 18.9. The fraction of sp³-hybridized carbons (Fsp3) is 0.172. The normalized spacial score (nSPS) is 10.8. The molecule has 4 aromatic rings. The van der Waals surface area contributed by atoms with Crippen molar-refractivity contribution in [3.8, 4) is 17.6 Å². The molecule has 0 aliphatic rings. The van der Waals surface area contributed by atoms with E-state index in [-0.39, 0.29) is 28.5 Å². The number of ether oxygens (including phenoxy) is 1. The molecule has 0 atom stereocenters. The van der Waals surface area contributed by atoms with Gasteiger partial charge in [-0.25, -0.2) is 22.0 Å². The van der Waals surface area contributed by atoms with E-state index in [0.717, 1.165) is 18.1 Å². The fourth-order valence-electron chi connectivity index (χ4n) is 3.67. The Morgan fingerprint density at radius 1 is 0.686 bits per heavy atom. The van der Waals surface area contributed by atoms with Crippen LogP contribution in [-0.2, 0) is 12.8 Å². The van der Waals surface area contributed by atoms with Gasteiger partial charge < -0.3 is 4.74 Å². The van der Waals surface area contributed by atoms with Crippen molar-refractivity contribution in [2.24, 2.45) is 0 Å². The molecule has 0 radical (unpaired) electrons. The van der Waals surface area contributed by atoms with Crippen molar-refractivity contribution in [1.29, 1.82) is 0 Å². The van der Waals surface area contributed by atoms with Crippen LogP contribution in [0.2, 0.25) is 0 Å². The highest BCUT2D eigenvalue weighted by molar-refractivity contribution is 5.84. The molecule has 0 saturated heterocycles. The van der Waals surface area contributed by atoms with Crippen LogP contribution in [0.1, 0.15) is 35.6 Å². The van der Waals surface area contributed by atoms with Gasteiger partial charge in [-0.2, -0.15) is 0 Å². The van der Waals surface area contributed by atoms with Crippen LogP contribution < -0.4 is 4.74 Å². The van der Waals surface area contributed by atoms with Crippen LogP contribution in [-0.4, -0.2) is 6.61 Å². The summed E-state index contributed by atoms with van der Waals surface area (Å²) in [5.41, 5.74) is 2.12. The van der Waals surface area contributed by atoms with Crippen molar-refractivity contribution in [3.05, 3.63) is 112 Å². The molecule has 0 aromatic heterocycles. The van der Waals surface area contributed by atoms with Gasteiger partial charge in [0.1, 0.15) is 17.4 Å². The molecule has 0 saturated carbocycles. The maximum atomic E-state index is 14.3. The minimum absolute atomic E-state index is 0.0155. The molecule has 4 aromatic carbocycles. The van der Waals surface area contributed by atoms with Gasteiger partial charge in [-0.05, 0) is 60.5 Å². The molecule has 1 nitrogen and oxygen atoms in total. The predicted molar refractivity (Wildman–Crippen MR) is 126 cm³/mol. The van der Waals surface area contributed by atoms with Gasteiger partial charge in [0.2, 0.25) is 0 Å². The largest absolute Gasteiger partial charge is 0.493 e. The first-order valence-corrected chi connectivity index (χ1v) is 11.1. The molecule has 0 fully saturated rings. The average Bonchev–Trinajstić information content (AvgIpc) is 2.85. The van der Waals surface area contributed by atoms with E-state index in [0.29, 0.717) is 24.2 Å². The summed E-state index contributed by atoms with van der Waals surface area (Å²) in [6, 6.07) is 15.0. The van der Waals surface area contributed by atoms with E-state index < -0.39 is 29.1 Å². The van der Waals surface area contributed by atoms with Crippen molar-refractivity contribution in [3.63, 3.8) is 0 Å². The lowest BCUT2D eigenvalue weighted by atomic mass is 10.0. The van der Waals surface area contributed by atoms with Crippen LogP contribution in [0.3, 0.4) is 0 Å². The minimum atomic E-state index is -1.50. The number of hydrogen-bond donors (Lipinski definition) is 0. The van der Waals surface area contributed by atoms with Gasteiger partial charge in [-0.3, -0.25) is 0 Å². The molecule has 0 heterocycles. The van der Waals surface area contributed by atoms with Crippen LogP contribution in [0.25, 0.3) is 10.8 Å². The van der Waals surface area contributed by atoms with Crippen LogP contribution in [0.15, 0.2) is 60.7 Å². The third-order valence-corrected chi connectivity index (χ3v) is 5.53. The number of benzene rings is 4. The molecular weight excluding hydrogens is 459 g/mol. The van der Waals surface area contributed by atoms with Crippen LogP contribution in [0, 0.1) is 40.9 Å². The highest BCUT2D eigenvalue weighted by Crippen LogP contribution is 2.24. The second-order valence-corrected chi connectivity index (χ2v) is 8.08. The molecule has 0 amide bonds. The maximum Gasteiger partial charge on any atom is 0.195 e. The van der Waals surface area contributed by atoms with Crippen molar-refractivity contribution < 1.29 is 26.7 Å². The molecule has 0 spiro atoms. The molecular formula is C29H21F5O. The van der Waals surface area contributed by atoms with Gasteiger partial charge in [0, 0.05) is 34.2 Å². The Balaban J connectivity index is 1.44. The first-order chi connectivity index (χ1) is 16.9. The number of rotatable bonds is 6. The Morgan fingerprint density at radius 3 is 2.03 bits per heavy atom. The highest BCUT2D eigenvalue weighted by Gasteiger charge is 2.14. The van der Waals surface area contributed by atoms with Gasteiger partial charge in [-0.1, -0.05) is 37.0 Å². The average molecular weight is 480 g/mol. The number of halogens is 5. The summed E-state index contributed by atoms with van der Waals surface area (Å²) < 4.78 is 74.7. The third kappa shape index (κ3) is 5.63. The quantitative estimate of drug-likeness (QED) is 0.158. The molecule has 35 heavy (non-hydrogen) atoms. The van der Waals surface area contributed by atoms with Crippen LogP contribution in [0.4, 0.5) is 22.0 Å². The van der Waals surface area contributed by atoms with Gasteiger partial charge in [0.25, 0.3) is 0 Å². The van der Waals surface area contributed by atoms with E-state index in [1.165, 1.54) is 30.3 Å². The van der Waals surface area contributed by atoms with Gasteiger partial charge >= 0.3 is 0 Å². The molecule has 4 rings (SSSR count). The minimum Gasteiger partial charge on any atom is -0.493 e. The van der Waals surface area contributed by atoms with Gasteiger partial charge in [-0.15, -0.1) is 0 Å². The monoisotopic (exact) mass is 480 g/mol. The SMILES string of the molecule is CCCOc1cc(F)c(CCc2ccc(C#Cc3ccc4c(F)c(F)c(F)cc4c3)cc2)c(F)c1. The van der Waals surface area contributed by atoms with Crippen molar-refractivity contribution in [2.45, 2.75) is 26.2 Å². The Kier molecular flexibility index (Phi) is 7.36. The molecule has 0 aliphatic carbocycles. The highest BCUT2D eigenvalue weighted by atomic mass is 19.2. The fourth-order valence-corrected chi connectivity index (χ4v) is 3.67. The summed E-state index contributed by atoms with van der Waals surface area (Å²) in [6.45, 7) is 2.31. The molecule has 178 valence electrons. The molecule has 0 aliphatic heterocycles. The summed E-state index contributed by atoms with van der Waals surface area (Å²) in [5.74, 6) is 0.828. The lowest BCUT2D eigenvalue weighted by molar-refractivity contribution is 0.313. The van der Waals surface area contributed by atoms with Crippen molar-refractivity contribution >= 4 is 10.8 Å². The summed E-state index contributed by atoms with van der Waals surface area (Å²) in [7, 11) is 0. The molecule has 0 N–H and O–H groups in total. The number of aryl methyl sites for hydroxylation is 1. The standard InChI is InChI=1S/C29H21F5O/c1-2-13-35-22-16-25(30)24(26(31)17-22)12-9-19-5-3-18(4-6-19)7-8-20-10-11-23-21(14-20)15-27(32)29(34)28(23)33/h3-6,10-11,14-17H,2,9,12-13H2,1H3. The van der Waals surface area contributed by atoms with Gasteiger partial charge in [0.05, 0.1) is 6.61 Å². The smallest absolute Gasteiger partial charge is 0.195 e. The summed E-state index contributed by atoms with van der Waals surface area (Å²) >= 11 is 0. The van der Waals surface area contributed by atoms with Crippen LogP contribution >= 0.6 is 0 Å². The summed E-state index contributed by atoms with van der Waals surface area (Å²) in [4.78, 5) is 0. The van der Waals surface area contributed by atoms with E-state index in [4.69, 9.17) is 4.74 Å². The second kappa shape index (κ2) is 10.6. The zero-order valence-corrected chi connectivity index (χ0v) is 18.9. The van der Waals surface area contributed by atoms with E-state index in [1.54, 1.807) is 12.1 Å². The zero-order chi connectivity index (χ0) is 24.9. The Bertz CT molecular complexity index is 1410. The summed E-state index contributed by atoms with van der Waals surface area (Å²) in [5, 5.41) is 0.197. The van der Waals surface area contributed by atoms with E-state index in [1.807, 2.05) is 19.1 Å². The van der Waals surface area contributed by atoms with Crippen molar-refractivity contribution in [2.75, 3.05) is 6.61 Å². The maximum absolute atomic E-state index is 14.3. The van der Waals surface area contributed by atoms with E-state index >= 15 is 0 Å². The van der Waals surface area contributed by atoms with E-state index in [9.17, 15) is 22.0 Å². The molecule has 0 bridgehead atoms. The van der Waals surface area contributed by atoms with Gasteiger partial charge in [0.15, 0.2) is 17.5 Å². The lowest BCUT2D eigenvalue weighted by Gasteiger charge is -2.09. The Hall–Kier alpha value is -3.85. The lowest BCUT2D eigenvalue weighted by Crippen LogP contribution is -2.02. The second-order valence-electron chi connectivity index (χ2n) is 8.08. The first kappa shape index (κ1) is 24.3. The predicted octanol–water partition coefficient (Wildman–Crippen LogP) is 7.51. The molecule has 0 unspecified atom stereocenters. The topological polar surface area (TPSA) is 9.23 Å². The number of hydrogen-bond acceptors (Lipinski definition) is 1. The number of fused-ring (bicyclic) bond motifs is 1. The third-order valence-electron chi connectivity index (χ3n) is 5.53. The van der Waals surface area contributed by atoms with Crippen LogP contribution in [0.5, 0.6) is 5.75 Å². The Morgan fingerprint density at radius 2 is 1.34 bits per heavy atom. The molecule has 6 heteroatoms. The van der Waals surface area contributed by atoms with Crippen molar-refractivity contribution in [1.82, 2.24) is 0 Å².